The summed E-state index contributed by atoms with van der Waals surface area (Å²) in [6, 6.07) is 19.4. The average Bonchev–Trinajstić information content (AvgIpc) is 3.42. The van der Waals surface area contributed by atoms with Crippen LogP contribution in [-0.2, 0) is 14.6 Å². The molecule has 2 unspecified atom stereocenters. The van der Waals surface area contributed by atoms with Crippen molar-refractivity contribution in [2.75, 3.05) is 0 Å². The summed E-state index contributed by atoms with van der Waals surface area (Å²) in [4.78, 5) is 11.6. The Hall–Kier alpha value is -2.66. The second kappa shape index (κ2) is 5.70. The number of carboxylic acids is 1. The van der Waals surface area contributed by atoms with Gasteiger partial charge in [0, 0.05) is 0 Å². The molecule has 0 amide bonds. The summed E-state index contributed by atoms with van der Waals surface area (Å²) < 4.78 is 26.3. The van der Waals surface area contributed by atoms with Gasteiger partial charge < -0.3 is 5.11 Å². The number of benzene rings is 3. The molecule has 3 aromatic rings. The Morgan fingerprint density at radius 2 is 1.60 bits per heavy atom. The topological polar surface area (TPSA) is 71.4 Å². The van der Waals surface area contributed by atoms with Gasteiger partial charge in [0.05, 0.1) is 15.7 Å². The third kappa shape index (κ3) is 2.70. The summed E-state index contributed by atoms with van der Waals surface area (Å²) in [6.07, 6.45) is 0.486. The van der Waals surface area contributed by atoms with Crippen LogP contribution in [0.5, 0.6) is 0 Å². The van der Waals surface area contributed by atoms with Crippen LogP contribution >= 0.6 is 0 Å². The van der Waals surface area contributed by atoms with E-state index in [2.05, 4.69) is 0 Å². The molecule has 5 heteroatoms. The Bertz CT molecular complexity index is 1090. The lowest BCUT2D eigenvalue weighted by Crippen LogP contribution is -2.07. The summed E-state index contributed by atoms with van der Waals surface area (Å²) >= 11 is 0. The van der Waals surface area contributed by atoms with Crippen LogP contribution in [0.3, 0.4) is 0 Å². The van der Waals surface area contributed by atoms with E-state index in [1.807, 2.05) is 24.3 Å². The lowest BCUT2D eigenvalue weighted by Gasteiger charge is -2.11. The molecule has 0 aromatic heterocycles. The van der Waals surface area contributed by atoms with Crippen molar-refractivity contribution in [3.63, 3.8) is 0 Å². The van der Waals surface area contributed by atoms with Gasteiger partial charge in [-0.1, -0.05) is 48.5 Å². The molecule has 4 nitrogen and oxygen atoms in total. The lowest BCUT2D eigenvalue weighted by molar-refractivity contribution is -0.138. The lowest BCUT2D eigenvalue weighted by atomic mass is 10.1. The maximum Gasteiger partial charge on any atom is 0.307 e. The first-order valence-electron chi connectivity index (χ1n) is 8.04. The highest BCUT2D eigenvalue weighted by Crippen LogP contribution is 2.49. The molecule has 0 spiro atoms. The summed E-state index contributed by atoms with van der Waals surface area (Å²) in [5, 5.41) is 11.0. The van der Waals surface area contributed by atoms with E-state index in [0.29, 0.717) is 12.0 Å². The molecule has 0 saturated heterocycles. The average molecular weight is 352 g/mol. The Balaban J connectivity index is 1.82. The first kappa shape index (κ1) is 15.8. The fourth-order valence-electron chi connectivity index (χ4n) is 3.30. The van der Waals surface area contributed by atoms with Crippen LogP contribution in [0, 0.1) is 5.92 Å². The Kier molecular flexibility index (Phi) is 3.62. The number of hydrogen-bond donors (Lipinski definition) is 1. The van der Waals surface area contributed by atoms with Gasteiger partial charge >= 0.3 is 5.97 Å². The van der Waals surface area contributed by atoms with E-state index in [1.165, 1.54) is 0 Å². The highest BCUT2D eigenvalue weighted by molar-refractivity contribution is 7.91. The first-order valence-corrected chi connectivity index (χ1v) is 9.52. The van der Waals surface area contributed by atoms with Crippen LogP contribution in [0.2, 0.25) is 0 Å². The normalized spacial score (nSPS) is 19.7. The van der Waals surface area contributed by atoms with E-state index >= 15 is 0 Å². The van der Waals surface area contributed by atoms with Crippen LogP contribution in [0.15, 0.2) is 76.5 Å². The van der Waals surface area contributed by atoms with Gasteiger partial charge in [-0.15, -0.1) is 0 Å². The molecular formula is C20H16O4S. The van der Waals surface area contributed by atoms with Crippen LogP contribution in [0.25, 0.3) is 10.8 Å². The van der Waals surface area contributed by atoms with Gasteiger partial charge in [0.1, 0.15) is 0 Å². The van der Waals surface area contributed by atoms with Crippen LogP contribution < -0.4 is 0 Å². The molecule has 3 aromatic carbocycles. The molecule has 0 radical (unpaired) electrons. The van der Waals surface area contributed by atoms with E-state index < -0.39 is 21.7 Å². The third-order valence-electron chi connectivity index (χ3n) is 4.75. The standard InChI is InChI=1S/C20H16O4S/c21-20(22)18-12-17(18)16-7-3-4-8-19(16)25(23,24)15-10-9-13-5-1-2-6-14(13)11-15/h1-11,17-18H,12H2,(H,21,22). The molecule has 0 aliphatic heterocycles. The van der Waals surface area contributed by atoms with E-state index in [0.717, 1.165) is 10.8 Å². The molecule has 0 bridgehead atoms. The summed E-state index contributed by atoms with van der Waals surface area (Å²) in [5.41, 5.74) is 0.600. The maximum absolute atomic E-state index is 13.2. The number of rotatable bonds is 4. The van der Waals surface area contributed by atoms with Crippen molar-refractivity contribution in [2.24, 2.45) is 5.92 Å². The fraction of sp³-hybridized carbons (Fsp3) is 0.150. The van der Waals surface area contributed by atoms with Crippen molar-refractivity contribution in [2.45, 2.75) is 22.1 Å². The molecule has 1 aliphatic rings. The van der Waals surface area contributed by atoms with Crippen molar-refractivity contribution in [3.05, 3.63) is 72.3 Å². The minimum atomic E-state index is -3.71. The van der Waals surface area contributed by atoms with E-state index in [1.54, 1.807) is 42.5 Å². The molecule has 25 heavy (non-hydrogen) atoms. The zero-order chi connectivity index (χ0) is 17.6. The van der Waals surface area contributed by atoms with Crippen LogP contribution in [-0.4, -0.2) is 19.5 Å². The van der Waals surface area contributed by atoms with Crippen molar-refractivity contribution in [1.29, 1.82) is 0 Å². The minimum absolute atomic E-state index is 0.207. The largest absolute Gasteiger partial charge is 0.481 e. The first-order chi connectivity index (χ1) is 12.0. The second-order valence-electron chi connectivity index (χ2n) is 6.34. The van der Waals surface area contributed by atoms with Crippen LogP contribution in [0.1, 0.15) is 17.9 Å². The summed E-state index contributed by atoms with van der Waals surface area (Å²) in [6.45, 7) is 0. The smallest absolute Gasteiger partial charge is 0.307 e. The molecule has 0 heterocycles. The van der Waals surface area contributed by atoms with Crippen molar-refractivity contribution < 1.29 is 18.3 Å². The maximum atomic E-state index is 13.2. The predicted octanol–water partition coefficient (Wildman–Crippen LogP) is 3.86. The number of carbonyl (C=O) groups is 1. The molecule has 1 saturated carbocycles. The molecule has 4 rings (SSSR count). The number of carboxylic acid groups (broad SMARTS) is 1. The van der Waals surface area contributed by atoms with Gasteiger partial charge in [-0.3, -0.25) is 4.79 Å². The van der Waals surface area contributed by atoms with Crippen molar-refractivity contribution in [3.8, 4) is 0 Å². The Morgan fingerprint density at radius 1 is 0.920 bits per heavy atom. The van der Waals surface area contributed by atoms with Gasteiger partial charge in [-0.25, -0.2) is 8.42 Å². The number of aliphatic carboxylic acids is 1. The van der Waals surface area contributed by atoms with E-state index in [4.69, 9.17) is 5.11 Å². The number of fused-ring (bicyclic) bond motifs is 1. The molecule has 1 fully saturated rings. The zero-order valence-corrected chi connectivity index (χ0v) is 14.1. The van der Waals surface area contributed by atoms with Crippen molar-refractivity contribution >= 4 is 26.6 Å². The molecule has 1 aliphatic carbocycles. The van der Waals surface area contributed by atoms with Gasteiger partial charge in [-0.2, -0.15) is 0 Å². The summed E-state index contributed by atoms with van der Waals surface area (Å²) in [7, 11) is -3.71. The van der Waals surface area contributed by atoms with Crippen LogP contribution in [0.4, 0.5) is 0 Å². The van der Waals surface area contributed by atoms with Gasteiger partial charge in [-0.05, 0) is 46.9 Å². The molecule has 2 atom stereocenters. The quantitative estimate of drug-likeness (QED) is 0.774. The monoisotopic (exact) mass is 352 g/mol. The van der Waals surface area contributed by atoms with Gasteiger partial charge in [0.25, 0.3) is 0 Å². The molecule has 126 valence electrons. The third-order valence-corrected chi connectivity index (χ3v) is 6.57. The predicted molar refractivity (Wildman–Crippen MR) is 94.3 cm³/mol. The zero-order valence-electron chi connectivity index (χ0n) is 13.3. The number of sulfone groups is 1. The van der Waals surface area contributed by atoms with E-state index in [9.17, 15) is 13.2 Å². The molecule has 1 N–H and O–H groups in total. The van der Waals surface area contributed by atoms with Crippen molar-refractivity contribution in [1.82, 2.24) is 0 Å². The number of hydrogen-bond acceptors (Lipinski definition) is 3. The van der Waals surface area contributed by atoms with E-state index in [-0.39, 0.29) is 15.7 Å². The SMILES string of the molecule is O=C(O)C1CC1c1ccccc1S(=O)(=O)c1ccc2ccccc2c1. The fourth-order valence-corrected chi connectivity index (χ4v) is 4.88. The van der Waals surface area contributed by atoms with Gasteiger partial charge in [0.2, 0.25) is 9.84 Å². The second-order valence-corrected chi connectivity index (χ2v) is 8.26. The highest BCUT2D eigenvalue weighted by atomic mass is 32.2. The Labute approximate surface area is 145 Å². The van der Waals surface area contributed by atoms with Gasteiger partial charge in [0.15, 0.2) is 0 Å². The highest BCUT2D eigenvalue weighted by Gasteiger charge is 2.46. The minimum Gasteiger partial charge on any atom is -0.481 e. The summed E-state index contributed by atoms with van der Waals surface area (Å²) in [5.74, 6) is -1.60. The Morgan fingerprint density at radius 3 is 2.32 bits per heavy atom. The molecular weight excluding hydrogens is 336 g/mol.